The van der Waals surface area contributed by atoms with Gasteiger partial charge in [-0.2, -0.15) is 0 Å². The first kappa shape index (κ1) is 13.7. The second-order valence-corrected chi connectivity index (χ2v) is 5.32. The summed E-state index contributed by atoms with van der Waals surface area (Å²) in [5.74, 6) is 0.170. The molecule has 3 rings (SSSR count). The third kappa shape index (κ3) is 2.79. The Morgan fingerprint density at radius 2 is 2.10 bits per heavy atom. The van der Waals surface area contributed by atoms with E-state index < -0.39 is 0 Å². The van der Waals surface area contributed by atoms with Crippen LogP contribution in [0.15, 0.2) is 36.4 Å². The lowest BCUT2D eigenvalue weighted by molar-refractivity contribution is 0.386. The van der Waals surface area contributed by atoms with E-state index in [9.17, 15) is 9.50 Å². The van der Waals surface area contributed by atoms with Gasteiger partial charge in [-0.3, -0.25) is 0 Å². The number of aromatic hydroxyl groups is 1. The van der Waals surface area contributed by atoms with E-state index in [1.54, 1.807) is 12.1 Å². The van der Waals surface area contributed by atoms with Crippen molar-refractivity contribution in [1.29, 1.82) is 0 Å². The first-order valence-corrected chi connectivity index (χ1v) is 7.09. The van der Waals surface area contributed by atoms with Crippen molar-refractivity contribution in [2.45, 2.75) is 25.3 Å². The number of aryl methyl sites for hydroxylation is 1. The highest BCUT2D eigenvalue weighted by atomic mass is 19.1. The predicted octanol–water partition coefficient (Wildman–Crippen LogP) is 4.03. The molecular weight excluding hydrogens is 269 g/mol. The van der Waals surface area contributed by atoms with Crippen molar-refractivity contribution in [1.82, 2.24) is 0 Å². The number of phenols is 1. The monoisotopic (exact) mass is 287 g/mol. The second-order valence-electron chi connectivity index (χ2n) is 5.32. The van der Waals surface area contributed by atoms with Crippen LogP contribution in [0.5, 0.6) is 11.5 Å². The van der Waals surface area contributed by atoms with Gasteiger partial charge in [0.15, 0.2) is 11.6 Å². The summed E-state index contributed by atoms with van der Waals surface area (Å²) in [5.41, 5.74) is 3.07. The van der Waals surface area contributed by atoms with Crippen LogP contribution in [0.4, 0.5) is 10.1 Å². The number of fused-ring (bicyclic) bond motifs is 1. The summed E-state index contributed by atoms with van der Waals surface area (Å²) in [4.78, 5) is 0. The minimum atomic E-state index is -0.371. The van der Waals surface area contributed by atoms with Crippen LogP contribution in [0.2, 0.25) is 0 Å². The van der Waals surface area contributed by atoms with E-state index in [4.69, 9.17) is 4.74 Å². The van der Waals surface area contributed by atoms with Crippen LogP contribution in [-0.2, 0) is 6.42 Å². The molecule has 0 aromatic heterocycles. The van der Waals surface area contributed by atoms with Gasteiger partial charge in [-0.25, -0.2) is 4.39 Å². The van der Waals surface area contributed by atoms with E-state index in [-0.39, 0.29) is 17.6 Å². The number of nitrogens with one attached hydrogen (secondary N) is 1. The van der Waals surface area contributed by atoms with Crippen LogP contribution >= 0.6 is 0 Å². The number of benzene rings is 2. The summed E-state index contributed by atoms with van der Waals surface area (Å²) < 4.78 is 18.7. The summed E-state index contributed by atoms with van der Waals surface area (Å²) in [6.45, 7) is 0. The minimum Gasteiger partial charge on any atom is -0.508 e. The van der Waals surface area contributed by atoms with E-state index >= 15 is 0 Å². The lowest BCUT2D eigenvalue weighted by Crippen LogP contribution is -2.17. The molecule has 0 fully saturated rings. The average molecular weight is 287 g/mol. The van der Waals surface area contributed by atoms with Crippen molar-refractivity contribution in [3.05, 3.63) is 53.3 Å². The zero-order valence-electron chi connectivity index (χ0n) is 11.9. The van der Waals surface area contributed by atoms with Crippen molar-refractivity contribution in [3.8, 4) is 11.5 Å². The molecule has 0 heterocycles. The second kappa shape index (κ2) is 5.64. The van der Waals surface area contributed by atoms with Crippen LogP contribution < -0.4 is 10.1 Å². The zero-order valence-corrected chi connectivity index (χ0v) is 11.9. The van der Waals surface area contributed by atoms with Gasteiger partial charge < -0.3 is 15.2 Å². The van der Waals surface area contributed by atoms with E-state index in [2.05, 4.69) is 5.32 Å². The van der Waals surface area contributed by atoms with Gasteiger partial charge >= 0.3 is 0 Å². The quantitative estimate of drug-likeness (QED) is 0.895. The van der Waals surface area contributed by atoms with Gasteiger partial charge in [0.1, 0.15) is 5.75 Å². The van der Waals surface area contributed by atoms with E-state index in [1.165, 1.54) is 18.7 Å². The molecule has 2 aromatic carbocycles. The van der Waals surface area contributed by atoms with Gasteiger partial charge in [0.25, 0.3) is 0 Å². The van der Waals surface area contributed by atoms with Gasteiger partial charge in [-0.05, 0) is 54.7 Å². The fourth-order valence-corrected chi connectivity index (χ4v) is 2.91. The molecule has 0 amide bonds. The molecule has 0 bridgehead atoms. The molecule has 110 valence electrons. The summed E-state index contributed by atoms with van der Waals surface area (Å²) in [6.07, 6.45) is 3.01. The van der Waals surface area contributed by atoms with Crippen LogP contribution in [-0.4, -0.2) is 12.2 Å². The lowest BCUT2D eigenvalue weighted by atomic mass is 9.87. The SMILES string of the molecule is COc1ccc(NC2CCCc3cc(O)ccc32)cc1F. The van der Waals surface area contributed by atoms with Gasteiger partial charge in [-0.15, -0.1) is 0 Å². The van der Waals surface area contributed by atoms with Gasteiger partial charge in [-0.1, -0.05) is 6.07 Å². The van der Waals surface area contributed by atoms with Gasteiger partial charge in [0.2, 0.25) is 0 Å². The van der Waals surface area contributed by atoms with E-state index in [0.717, 1.165) is 30.5 Å². The molecule has 0 aliphatic heterocycles. The van der Waals surface area contributed by atoms with Crippen LogP contribution in [0.3, 0.4) is 0 Å². The molecule has 3 nitrogen and oxygen atoms in total. The maximum atomic E-state index is 13.8. The van der Waals surface area contributed by atoms with Gasteiger partial charge in [0.05, 0.1) is 13.2 Å². The Bertz CT molecular complexity index is 657. The molecule has 1 unspecified atom stereocenters. The summed E-state index contributed by atoms with van der Waals surface area (Å²) in [6, 6.07) is 10.5. The number of halogens is 1. The number of ether oxygens (including phenoxy) is 1. The van der Waals surface area contributed by atoms with Crippen molar-refractivity contribution in [2.75, 3.05) is 12.4 Å². The fraction of sp³-hybridized carbons (Fsp3) is 0.294. The Kier molecular flexibility index (Phi) is 3.69. The molecule has 2 aromatic rings. The number of anilines is 1. The molecule has 21 heavy (non-hydrogen) atoms. The predicted molar refractivity (Wildman–Crippen MR) is 80.4 cm³/mol. The molecule has 1 atom stereocenters. The highest BCUT2D eigenvalue weighted by Crippen LogP contribution is 2.34. The third-order valence-corrected chi connectivity index (χ3v) is 3.93. The molecule has 4 heteroatoms. The van der Waals surface area contributed by atoms with E-state index in [0.29, 0.717) is 5.75 Å². The molecular formula is C17H18FNO2. The van der Waals surface area contributed by atoms with Crippen molar-refractivity contribution >= 4 is 5.69 Å². The number of methoxy groups -OCH3 is 1. The summed E-state index contributed by atoms with van der Waals surface area (Å²) in [5, 5.41) is 12.9. The summed E-state index contributed by atoms with van der Waals surface area (Å²) >= 11 is 0. The maximum absolute atomic E-state index is 13.8. The fourth-order valence-electron chi connectivity index (χ4n) is 2.91. The number of phenolic OH excluding ortho intramolecular Hbond substituents is 1. The molecule has 0 saturated heterocycles. The molecule has 1 aliphatic rings. The third-order valence-electron chi connectivity index (χ3n) is 3.93. The minimum absolute atomic E-state index is 0.141. The average Bonchev–Trinajstić information content (AvgIpc) is 2.47. The smallest absolute Gasteiger partial charge is 0.167 e. The topological polar surface area (TPSA) is 41.5 Å². The Morgan fingerprint density at radius 3 is 2.86 bits per heavy atom. The highest BCUT2D eigenvalue weighted by Gasteiger charge is 2.20. The van der Waals surface area contributed by atoms with Crippen molar-refractivity contribution < 1.29 is 14.2 Å². The zero-order chi connectivity index (χ0) is 14.8. The standard InChI is InChI=1S/C17H18FNO2/c1-21-17-8-5-12(10-15(17)18)19-16-4-2-3-11-9-13(20)6-7-14(11)16/h5-10,16,19-20H,2-4H2,1H3. The first-order chi connectivity index (χ1) is 10.2. The normalized spacial score (nSPS) is 17.1. The highest BCUT2D eigenvalue weighted by molar-refractivity contribution is 5.50. The number of hydrogen-bond acceptors (Lipinski definition) is 3. The largest absolute Gasteiger partial charge is 0.508 e. The van der Waals surface area contributed by atoms with Crippen molar-refractivity contribution in [2.24, 2.45) is 0 Å². The van der Waals surface area contributed by atoms with Crippen LogP contribution in [0.25, 0.3) is 0 Å². The molecule has 0 radical (unpaired) electrons. The van der Waals surface area contributed by atoms with Crippen molar-refractivity contribution in [3.63, 3.8) is 0 Å². The molecule has 0 spiro atoms. The Balaban J connectivity index is 1.85. The Hall–Kier alpha value is -2.23. The first-order valence-electron chi connectivity index (χ1n) is 7.09. The lowest BCUT2D eigenvalue weighted by Gasteiger charge is -2.27. The molecule has 1 aliphatic carbocycles. The number of rotatable bonds is 3. The van der Waals surface area contributed by atoms with Crippen LogP contribution in [0.1, 0.15) is 30.0 Å². The Labute approximate surface area is 123 Å². The van der Waals surface area contributed by atoms with Gasteiger partial charge in [0, 0.05) is 11.8 Å². The summed E-state index contributed by atoms with van der Waals surface area (Å²) in [7, 11) is 1.45. The maximum Gasteiger partial charge on any atom is 0.167 e. The molecule has 2 N–H and O–H groups in total. The Morgan fingerprint density at radius 1 is 1.24 bits per heavy atom. The van der Waals surface area contributed by atoms with Crippen LogP contribution in [0, 0.1) is 5.82 Å². The van der Waals surface area contributed by atoms with E-state index in [1.807, 2.05) is 18.2 Å². The molecule has 0 saturated carbocycles. The number of hydrogen-bond donors (Lipinski definition) is 2.